The first-order valence-electron chi connectivity index (χ1n) is 5.21. The van der Waals surface area contributed by atoms with Crippen molar-refractivity contribution in [1.29, 1.82) is 0 Å². The minimum absolute atomic E-state index is 0.0360. The maximum Gasteiger partial charge on any atom is 0.104 e. The van der Waals surface area contributed by atoms with Crippen molar-refractivity contribution in [3.63, 3.8) is 0 Å². The van der Waals surface area contributed by atoms with Crippen LogP contribution in [0.4, 0.5) is 4.39 Å². The molecule has 0 bridgehead atoms. The molecule has 14 heavy (non-hydrogen) atoms. The highest BCUT2D eigenvalue weighted by molar-refractivity contribution is 5.34. The summed E-state index contributed by atoms with van der Waals surface area (Å²) in [6, 6.07) is 8.75. The third kappa shape index (κ3) is 1.80. The highest BCUT2D eigenvalue weighted by Gasteiger charge is 2.22. The second-order valence-corrected chi connectivity index (χ2v) is 4.01. The minimum Gasteiger partial charge on any atom is -0.305 e. The van der Waals surface area contributed by atoms with Gasteiger partial charge in [-0.05, 0) is 30.9 Å². The standard InChI is InChI=1S/C12H16FN/c1-9(8-13)14-12-7-6-10-4-2-3-5-11(10)12/h2-5,9,12,14H,6-8H2,1H3/t9-,12?/m0/s1. The van der Waals surface area contributed by atoms with E-state index >= 15 is 0 Å². The second kappa shape index (κ2) is 4.09. The molecule has 1 N–H and O–H groups in total. The lowest BCUT2D eigenvalue weighted by molar-refractivity contribution is 0.359. The van der Waals surface area contributed by atoms with Crippen molar-refractivity contribution in [1.82, 2.24) is 5.32 Å². The Morgan fingerprint density at radius 1 is 1.50 bits per heavy atom. The molecule has 1 unspecified atom stereocenters. The van der Waals surface area contributed by atoms with Crippen molar-refractivity contribution in [2.45, 2.75) is 31.8 Å². The fraction of sp³-hybridized carbons (Fsp3) is 0.500. The summed E-state index contributed by atoms with van der Waals surface area (Å²) in [5.41, 5.74) is 2.77. The number of benzene rings is 1. The topological polar surface area (TPSA) is 12.0 Å². The molecule has 76 valence electrons. The Balaban J connectivity index is 2.10. The normalized spacial score (nSPS) is 22.0. The van der Waals surface area contributed by atoms with Crippen LogP contribution in [0.15, 0.2) is 24.3 Å². The van der Waals surface area contributed by atoms with Gasteiger partial charge in [-0.15, -0.1) is 0 Å². The summed E-state index contributed by atoms with van der Waals surface area (Å²) < 4.78 is 12.4. The van der Waals surface area contributed by atoms with Gasteiger partial charge in [0.2, 0.25) is 0 Å². The van der Waals surface area contributed by atoms with E-state index in [1.807, 2.05) is 6.92 Å². The molecule has 1 aromatic rings. The first-order valence-corrected chi connectivity index (χ1v) is 5.21. The van der Waals surface area contributed by atoms with Gasteiger partial charge in [0.15, 0.2) is 0 Å². The third-order valence-corrected chi connectivity index (χ3v) is 2.85. The predicted octanol–water partition coefficient (Wildman–Crippen LogP) is 2.62. The van der Waals surface area contributed by atoms with Crippen LogP contribution in [0, 0.1) is 0 Å². The van der Waals surface area contributed by atoms with Gasteiger partial charge in [-0.2, -0.15) is 0 Å². The molecule has 2 heteroatoms. The molecule has 2 rings (SSSR count). The van der Waals surface area contributed by atoms with Crippen LogP contribution in [-0.2, 0) is 6.42 Å². The van der Waals surface area contributed by atoms with Gasteiger partial charge in [0, 0.05) is 12.1 Å². The zero-order chi connectivity index (χ0) is 9.97. The number of hydrogen-bond donors (Lipinski definition) is 1. The average Bonchev–Trinajstić information content (AvgIpc) is 2.62. The van der Waals surface area contributed by atoms with E-state index < -0.39 is 0 Å². The van der Waals surface area contributed by atoms with Crippen molar-refractivity contribution in [2.24, 2.45) is 0 Å². The van der Waals surface area contributed by atoms with Gasteiger partial charge in [-0.25, -0.2) is 4.39 Å². The fourth-order valence-corrected chi connectivity index (χ4v) is 2.12. The van der Waals surface area contributed by atoms with Crippen LogP contribution in [0.2, 0.25) is 0 Å². The number of fused-ring (bicyclic) bond motifs is 1. The Hall–Kier alpha value is -0.890. The van der Waals surface area contributed by atoms with Gasteiger partial charge in [0.1, 0.15) is 6.67 Å². The van der Waals surface area contributed by atoms with Crippen molar-refractivity contribution in [3.05, 3.63) is 35.4 Å². The van der Waals surface area contributed by atoms with E-state index in [9.17, 15) is 4.39 Å². The lowest BCUT2D eigenvalue weighted by Gasteiger charge is -2.17. The minimum atomic E-state index is -0.293. The van der Waals surface area contributed by atoms with Crippen molar-refractivity contribution < 1.29 is 4.39 Å². The van der Waals surface area contributed by atoms with E-state index in [1.165, 1.54) is 11.1 Å². The molecule has 1 aliphatic rings. The zero-order valence-electron chi connectivity index (χ0n) is 8.46. The second-order valence-electron chi connectivity index (χ2n) is 4.01. The van der Waals surface area contributed by atoms with Gasteiger partial charge in [-0.3, -0.25) is 0 Å². The molecule has 0 fully saturated rings. The highest BCUT2D eigenvalue weighted by atomic mass is 19.1. The first kappa shape index (κ1) is 9.66. The van der Waals surface area contributed by atoms with Crippen molar-refractivity contribution >= 4 is 0 Å². The molecule has 0 radical (unpaired) electrons. The number of alkyl halides is 1. The molecule has 1 aromatic carbocycles. The first-order chi connectivity index (χ1) is 6.81. The molecule has 0 saturated heterocycles. The molecular formula is C12H16FN. The van der Waals surface area contributed by atoms with Gasteiger partial charge < -0.3 is 5.32 Å². The van der Waals surface area contributed by atoms with Gasteiger partial charge in [0.05, 0.1) is 0 Å². The van der Waals surface area contributed by atoms with E-state index in [1.54, 1.807) is 0 Å². The van der Waals surface area contributed by atoms with E-state index in [2.05, 4.69) is 29.6 Å². The van der Waals surface area contributed by atoms with Crippen LogP contribution in [0.1, 0.15) is 30.5 Å². The molecule has 0 amide bonds. The molecule has 0 spiro atoms. The van der Waals surface area contributed by atoms with Crippen LogP contribution in [0.3, 0.4) is 0 Å². The summed E-state index contributed by atoms with van der Waals surface area (Å²) in [7, 11) is 0. The molecular weight excluding hydrogens is 177 g/mol. The number of halogens is 1. The van der Waals surface area contributed by atoms with Crippen LogP contribution in [0.5, 0.6) is 0 Å². The smallest absolute Gasteiger partial charge is 0.104 e. The van der Waals surface area contributed by atoms with E-state index in [4.69, 9.17) is 0 Å². The lowest BCUT2D eigenvalue weighted by atomic mass is 10.1. The Bertz CT molecular complexity index is 311. The quantitative estimate of drug-likeness (QED) is 0.778. The Labute approximate surface area is 84.3 Å². The van der Waals surface area contributed by atoms with Gasteiger partial charge >= 0.3 is 0 Å². The Morgan fingerprint density at radius 3 is 3.07 bits per heavy atom. The monoisotopic (exact) mass is 193 g/mol. The number of aryl methyl sites for hydroxylation is 1. The number of rotatable bonds is 3. The Kier molecular flexibility index (Phi) is 2.82. The van der Waals surface area contributed by atoms with Crippen LogP contribution in [-0.4, -0.2) is 12.7 Å². The molecule has 0 aromatic heterocycles. The van der Waals surface area contributed by atoms with Crippen molar-refractivity contribution in [3.8, 4) is 0 Å². The Morgan fingerprint density at radius 2 is 2.29 bits per heavy atom. The van der Waals surface area contributed by atoms with Crippen LogP contribution < -0.4 is 5.32 Å². The van der Waals surface area contributed by atoms with Crippen LogP contribution in [0.25, 0.3) is 0 Å². The van der Waals surface area contributed by atoms with E-state index in [-0.39, 0.29) is 12.7 Å². The summed E-state index contributed by atoms with van der Waals surface area (Å²) in [6.45, 7) is 1.60. The molecule has 0 aliphatic heterocycles. The summed E-state index contributed by atoms with van der Waals surface area (Å²) in [5, 5.41) is 3.31. The van der Waals surface area contributed by atoms with Gasteiger partial charge in [-0.1, -0.05) is 24.3 Å². The maximum atomic E-state index is 12.4. The summed E-state index contributed by atoms with van der Waals surface area (Å²) in [4.78, 5) is 0. The van der Waals surface area contributed by atoms with Gasteiger partial charge in [0.25, 0.3) is 0 Å². The summed E-state index contributed by atoms with van der Waals surface area (Å²) in [5.74, 6) is 0. The lowest BCUT2D eigenvalue weighted by Crippen LogP contribution is -2.30. The average molecular weight is 193 g/mol. The number of nitrogens with one attached hydrogen (secondary N) is 1. The molecule has 0 heterocycles. The van der Waals surface area contributed by atoms with E-state index in [0.29, 0.717) is 6.04 Å². The third-order valence-electron chi connectivity index (χ3n) is 2.85. The maximum absolute atomic E-state index is 12.4. The highest BCUT2D eigenvalue weighted by Crippen LogP contribution is 2.30. The van der Waals surface area contributed by atoms with Crippen molar-refractivity contribution in [2.75, 3.05) is 6.67 Å². The molecule has 1 aliphatic carbocycles. The molecule has 2 atom stereocenters. The fourth-order valence-electron chi connectivity index (χ4n) is 2.12. The molecule has 0 saturated carbocycles. The largest absolute Gasteiger partial charge is 0.305 e. The predicted molar refractivity (Wildman–Crippen MR) is 56.1 cm³/mol. The summed E-state index contributed by atoms with van der Waals surface area (Å²) in [6.07, 6.45) is 2.22. The number of hydrogen-bond acceptors (Lipinski definition) is 1. The zero-order valence-corrected chi connectivity index (χ0v) is 8.46. The summed E-state index contributed by atoms with van der Waals surface area (Å²) >= 11 is 0. The molecule has 1 nitrogen and oxygen atoms in total. The van der Waals surface area contributed by atoms with Crippen LogP contribution >= 0.6 is 0 Å². The van der Waals surface area contributed by atoms with E-state index in [0.717, 1.165) is 12.8 Å². The SMILES string of the molecule is C[C@@H](CF)NC1CCc2ccccc21.